The monoisotopic (exact) mass is 273 g/mol. The van der Waals surface area contributed by atoms with Gasteiger partial charge in [0.1, 0.15) is 5.75 Å². The van der Waals surface area contributed by atoms with Gasteiger partial charge in [0, 0.05) is 24.3 Å². The number of nitrogens with two attached hydrogens (primary N) is 1. The molecule has 0 spiro atoms. The summed E-state index contributed by atoms with van der Waals surface area (Å²) in [6.45, 7) is 4.77. The predicted molar refractivity (Wildman–Crippen MR) is 77.8 cm³/mol. The van der Waals surface area contributed by atoms with Crippen LogP contribution >= 0.6 is 0 Å². The van der Waals surface area contributed by atoms with Gasteiger partial charge >= 0.3 is 0 Å². The summed E-state index contributed by atoms with van der Waals surface area (Å²) in [6.07, 6.45) is 1.53. The van der Waals surface area contributed by atoms with E-state index >= 15 is 0 Å². The van der Waals surface area contributed by atoms with E-state index in [1.165, 1.54) is 17.0 Å². The topological polar surface area (TPSA) is 70.1 Å². The largest absolute Gasteiger partial charge is 0.494 e. The van der Waals surface area contributed by atoms with Crippen LogP contribution in [0, 0.1) is 6.92 Å². The van der Waals surface area contributed by atoms with Crippen LogP contribution in [0.1, 0.15) is 24.2 Å². The number of hydrogen-bond acceptors (Lipinski definition) is 4. The van der Waals surface area contributed by atoms with Gasteiger partial charge in [-0.3, -0.25) is 9.36 Å². The lowest BCUT2D eigenvalue weighted by Crippen LogP contribution is -2.26. The van der Waals surface area contributed by atoms with Crippen molar-refractivity contribution in [2.75, 3.05) is 6.61 Å². The maximum Gasteiger partial charge on any atom is 0.253 e. The van der Waals surface area contributed by atoms with Crippen molar-refractivity contribution in [1.82, 2.24) is 9.55 Å². The number of nitrogens with zero attached hydrogens (tertiary/aromatic N) is 2. The van der Waals surface area contributed by atoms with E-state index in [0.29, 0.717) is 18.8 Å². The first-order valence-electron chi connectivity index (χ1n) is 6.61. The molecule has 1 heterocycles. The Bertz CT molecular complexity index is 620. The van der Waals surface area contributed by atoms with Crippen molar-refractivity contribution >= 4 is 0 Å². The summed E-state index contributed by atoms with van der Waals surface area (Å²) in [5.74, 6) is 0.817. The van der Waals surface area contributed by atoms with Crippen LogP contribution in [-0.4, -0.2) is 16.2 Å². The Balaban J connectivity index is 2.11. The third-order valence-electron chi connectivity index (χ3n) is 3.03. The normalized spacial score (nSPS) is 12.2. The molecule has 2 N–H and O–H groups in total. The van der Waals surface area contributed by atoms with Crippen molar-refractivity contribution in [2.45, 2.75) is 26.4 Å². The molecule has 5 nitrogen and oxygen atoms in total. The van der Waals surface area contributed by atoms with Gasteiger partial charge < -0.3 is 10.5 Å². The summed E-state index contributed by atoms with van der Waals surface area (Å²) in [6, 6.07) is 8.85. The van der Waals surface area contributed by atoms with E-state index in [4.69, 9.17) is 10.5 Å². The van der Waals surface area contributed by atoms with Crippen LogP contribution in [-0.2, 0) is 6.54 Å². The second-order valence-corrected chi connectivity index (χ2v) is 4.63. The molecule has 0 fully saturated rings. The Morgan fingerprint density at radius 1 is 1.35 bits per heavy atom. The van der Waals surface area contributed by atoms with E-state index < -0.39 is 0 Å². The van der Waals surface area contributed by atoms with Gasteiger partial charge in [-0.2, -0.15) is 0 Å². The third kappa shape index (κ3) is 3.45. The first-order chi connectivity index (χ1) is 9.60. The van der Waals surface area contributed by atoms with Crippen molar-refractivity contribution < 1.29 is 4.74 Å². The molecule has 5 heteroatoms. The SMILES string of the molecule is CCOc1ccc(C(N)Cn2cnc(C)cc2=O)cc1. The number of rotatable bonds is 5. The van der Waals surface area contributed by atoms with Crippen molar-refractivity contribution in [3.8, 4) is 5.75 Å². The highest BCUT2D eigenvalue weighted by Gasteiger charge is 2.08. The highest BCUT2D eigenvalue weighted by Crippen LogP contribution is 2.17. The number of aryl methyl sites for hydroxylation is 1. The fourth-order valence-corrected chi connectivity index (χ4v) is 1.95. The van der Waals surface area contributed by atoms with Gasteiger partial charge in [-0.25, -0.2) is 4.98 Å². The van der Waals surface area contributed by atoms with Crippen LogP contribution in [0.2, 0.25) is 0 Å². The fraction of sp³-hybridized carbons (Fsp3) is 0.333. The van der Waals surface area contributed by atoms with E-state index in [9.17, 15) is 4.79 Å². The van der Waals surface area contributed by atoms with E-state index in [-0.39, 0.29) is 11.6 Å². The molecule has 106 valence electrons. The van der Waals surface area contributed by atoms with Gasteiger partial charge in [0.25, 0.3) is 5.56 Å². The van der Waals surface area contributed by atoms with Gasteiger partial charge in [-0.1, -0.05) is 12.1 Å². The average molecular weight is 273 g/mol. The first-order valence-corrected chi connectivity index (χ1v) is 6.61. The zero-order valence-corrected chi connectivity index (χ0v) is 11.7. The number of ether oxygens (including phenoxy) is 1. The Morgan fingerprint density at radius 2 is 2.05 bits per heavy atom. The van der Waals surface area contributed by atoms with Gasteiger partial charge in [-0.05, 0) is 31.5 Å². The van der Waals surface area contributed by atoms with Crippen LogP contribution in [0.25, 0.3) is 0 Å². The molecule has 2 aromatic rings. The van der Waals surface area contributed by atoms with Crippen LogP contribution < -0.4 is 16.0 Å². The quantitative estimate of drug-likeness (QED) is 0.899. The van der Waals surface area contributed by atoms with Crippen LogP contribution in [0.3, 0.4) is 0 Å². The highest BCUT2D eigenvalue weighted by atomic mass is 16.5. The maximum atomic E-state index is 11.8. The van der Waals surface area contributed by atoms with Crippen molar-refractivity contribution in [1.29, 1.82) is 0 Å². The maximum absolute atomic E-state index is 11.8. The summed E-state index contributed by atoms with van der Waals surface area (Å²) >= 11 is 0. The molecule has 0 bridgehead atoms. The molecule has 0 saturated heterocycles. The Morgan fingerprint density at radius 3 is 2.65 bits per heavy atom. The molecule has 1 aromatic carbocycles. The van der Waals surface area contributed by atoms with Crippen LogP contribution in [0.5, 0.6) is 5.75 Å². The molecule has 20 heavy (non-hydrogen) atoms. The Hall–Kier alpha value is -2.14. The lowest BCUT2D eigenvalue weighted by atomic mass is 10.1. The average Bonchev–Trinajstić information content (AvgIpc) is 2.43. The minimum absolute atomic E-state index is 0.0844. The minimum atomic E-state index is -0.257. The second-order valence-electron chi connectivity index (χ2n) is 4.63. The number of hydrogen-bond donors (Lipinski definition) is 1. The van der Waals surface area contributed by atoms with Crippen molar-refractivity contribution in [2.24, 2.45) is 5.73 Å². The fourth-order valence-electron chi connectivity index (χ4n) is 1.95. The molecule has 0 aliphatic rings. The minimum Gasteiger partial charge on any atom is -0.494 e. The van der Waals surface area contributed by atoms with Crippen molar-refractivity contribution in [3.63, 3.8) is 0 Å². The third-order valence-corrected chi connectivity index (χ3v) is 3.03. The Kier molecular flexibility index (Phi) is 4.53. The molecule has 1 unspecified atom stereocenters. The second kappa shape index (κ2) is 6.34. The molecule has 1 atom stereocenters. The van der Waals surface area contributed by atoms with Gasteiger partial charge in [-0.15, -0.1) is 0 Å². The molecule has 0 aliphatic carbocycles. The van der Waals surface area contributed by atoms with Gasteiger partial charge in [0.15, 0.2) is 0 Å². The van der Waals surface area contributed by atoms with E-state index in [0.717, 1.165) is 11.3 Å². The molecule has 0 radical (unpaired) electrons. The molecule has 0 amide bonds. The zero-order chi connectivity index (χ0) is 14.5. The molecule has 0 saturated carbocycles. The van der Waals surface area contributed by atoms with E-state index in [1.54, 1.807) is 6.92 Å². The first kappa shape index (κ1) is 14.3. The summed E-state index contributed by atoms with van der Waals surface area (Å²) < 4.78 is 6.91. The number of aromatic nitrogens is 2. The molecule has 1 aromatic heterocycles. The van der Waals surface area contributed by atoms with Gasteiger partial charge in [0.2, 0.25) is 0 Å². The highest BCUT2D eigenvalue weighted by molar-refractivity contribution is 5.29. The summed E-state index contributed by atoms with van der Waals surface area (Å²) in [5.41, 5.74) is 7.71. The molecule has 2 rings (SSSR count). The van der Waals surface area contributed by atoms with Crippen molar-refractivity contribution in [3.05, 3.63) is 58.3 Å². The zero-order valence-electron chi connectivity index (χ0n) is 11.7. The van der Waals surface area contributed by atoms with E-state index in [2.05, 4.69) is 4.98 Å². The standard InChI is InChI=1S/C15H19N3O2/c1-3-20-13-6-4-12(5-7-13)14(16)9-18-10-17-11(2)8-15(18)19/h4-8,10,14H,3,9,16H2,1-2H3. The molecular formula is C15H19N3O2. The lowest BCUT2D eigenvalue weighted by Gasteiger charge is -2.14. The molecule has 0 aliphatic heterocycles. The summed E-state index contributed by atoms with van der Waals surface area (Å²) in [7, 11) is 0. The van der Waals surface area contributed by atoms with Crippen LogP contribution in [0.15, 0.2) is 41.5 Å². The predicted octanol–water partition coefficient (Wildman–Crippen LogP) is 1.65. The lowest BCUT2D eigenvalue weighted by molar-refractivity contribution is 0.340. The number of benzene rings is 1. The van der Waals surface area contributed by atoms with E-state index in [1.807, 2.05) is 31.2 Å². The summed E-state index contributed by atoms with van der Waals surface area (Å²) in [5, 5.41) is 0. The van der Waals surface area contributed by atoms with Crippen LogP contribution in [0.4, 0.5) is 0 Å². The Labute approximate surface area is 118 Å². The molecular weight excluding hydrogens is 254 g/mol. The smallest absolute Gasteiger partial charge is 0.253 e. The summed E-state index contributed by atoms with van der Waals surface area (Å²) in [4.78, 5) is 15.9. The van der Waals surface area contributed by atoms with Gasteiger partial charge in [0.05, 0.1) is 12.9 Å².